The van der Waals surface area contributed by atoms with Gasteiger partial charge in [0.25, 0.3) is 5.91 Å². The van der Waals surface area contributed by atoms with E-state index in [0.717, 1.165) is 25.0 Å². The molecule has 1 heterocycles. The number of alkyl halides is 3. The monoisotopic (exact) mass is 737 g/mol. The maximum Gasteiger partial charge on any atom is 0.435 e. The number of hydrogen-bond acceptors (Lipinski definition) is 7. The Balaban J connectivity index is 1.62. The zero-order chi connectivity index (χ0) is 38.0. The molecule has 52 heavy (non-hydrogen) atoms. The van der Waals surface area contributed by atoms with Crippen LogP contribution in [0.25, 0.3) is 5.69 Å². The van der Waals surface area contributed by atoms with E-state index >= 15 is 4.39 Å². The normalized spacial score (nSPS) is 14.9. The van der Waals surface area contributed by atoms with Crippen molar-refractivity contribution >= 4 is 41.1 Å². The van der Waals surface area contributed by atoms with Crippen LogP contribution in [0.4, 0.5) is 33.7 Å². The van der Waals surface area contributed by atoms with Crippen LogP contribution in [0.3, 0.4) is 0 Å². The zero-order valence-corrected chi connectivity index (χ0v) is 29.1. The molecule has 2 unspecified atom stereocenters. The quantitative estimate of drug-likeness (QED) is 0.0499. The van der Waals surface area contributed by atoms with E-state index in [1.54, 1.807) is 45.0 Å². The lowest BCUT2D eigenvalue weighted by atomic mass is 9.79. The molecule has 0 radical (unpaired) electrons. The molecule has 3 aromatic carbocycles. The molecule has 1 aliphatic rings. The van der Waals surface area contributed by atoms with Gasteiger partial charge in [-0.1, -0.05) is 37.1 Å². The van der Waals surface area contributed by atoms with Crippen molar-refractivity contribution in [2.75, 3.05) is 10.2 Å². The van der Waals surface area contributed by atoms with E-state index in [1.807, 2.05) is 0 Å². The van der Waals surface area contributed by atoms with Gasteiger partial charge in [0.2, 0.25) is 0 Å². The molecule has 1 aliphatic carbocycles. The second kappa shape index (κ2) is 14.8. The van der Waals surface area contributed by atoms with Gasteiger partial charge in [-0.3, -0.25) is 10.2 Å². The van der Waals surface area contributed by atoms with Crippen molar-refractivity contribution in [3.63, 3.8) is 0 Å². The van der Waals surface area contributed by atoms with Crippen LogP contribution in [0.5, 0.6) is 0 Å². The van der Waals surface area contributed by atoms with Crippen LogP contribution in [0, 0.1) is 28.5 Å². The van der Waals surface area contributed by atoms with Crippen LogP contribution in [-0.2, 0) is 23.1 Å². The van der Waals surface area contributed by atoms with Crippen molar-refractivity contribution < 1.29 is 36.8 Å². The molecular weight excluding hydrogens is 702 g/mol. The van der Waals surface area contributed by atoms with Crippen molar-refractivity contribution in [1.82, 2.24) is 14.5 Å². The summed E-state index contributed by atoms with van der Waals surface area (Å²) in [5.74, 6) is -1.68. The Labute approximate surface area is 300 Å². The molecule has 1 saturated carbocycles. The molecule has 0 bridgehead atoms. The standard InChI is InChI=1S/C36H35F4N7O4S/c1-34(2,3)52(51)45-35(15-14-22-10-11-22,24-7-4-6-23(16-24)20-41)25-12-13-28(37)29(17-25)43-32(48)30-19-31(36(38,39)40)44-47(30)27-9-5-8-26(18-27)46(21-42)33(49)50/h4-9,12-13,16-19,21-22,42,45H,10-11,14-15H2,1-3H3,(H,43,48)(H,49,50). The zero-order valence-electron chi connectivity index (χ0n) is 28.3. The first-order valence-electron chi connectivity index (χ1n) is 16.1. The summed E-state index contributed by atoms with van der Waals surface area (Å²) in [5, 5.41) is 32.5. The van der Waals surface area contributed by atoms with Gasteiger partial charge in [-0.25, -0.2) is 18.8 Å². The minimum atomic E-state index is -4.99. The van der Waals surface area contributed by atoms with Gasteiger partial charge >= 0.3 is 12.3 Å². The van der Waals surface area contributed by atoms with Crippen molar-refractivity contribution in [2.45, 2.75) is 62.9 Å². The Morgan fingerprint density at radius 1 is 1.10 bits per heavy atom. The third-order valence-electron chi connectivity index (χ3n) is 8.56. The van der Waals surface area contributed by atoms with Crippen molar-refractivity contribution in [3.05, 3.63) is 107 Å². The third kappa shape index (κ3) is 8.28. The SMILES string of the molecule is CC(C)(C)[S+]([O-])NC(CCC1CC1)(c1cccc(C#N)c1)c1ccc(F)c(NC(=O)c2cc(C(F)(F)F)nn2-c2cccc(N(C=N)C(=O)O)c2)c1. The second-order valence-corrected chi connectivity index (χ2v) is 15.3. The average molecular weight is 738 g/mol. The molecule has 2 atom stereocenters. The van der Waals surface area contributed by atoms with Gasteiger partial charge in [0.05, 0.1) is 35.0 Å². The van der Waals surface area contributed by atoms with Crippen molar-refractivity contribution in [1.29, 1.82) is 10.7 Å². The Kier molecular flexibility index (Phi) is 10.8. The number of anilines is 2. The highest BCUT2D eigenvalue weighted by molar-refractivity contribution is 7.90. The predicted molar refractivity (Wildman–Crippen MR) is 187 cm³/mol. The lowest BCUT2D eigenvalue weighted by molar-refractivity contribution is -0.141. The van der Waals surface area contributed by atoms with Crippen LogP contribution in [0.1, 0.15) is 79.3 Å². The number of rotatable bonds is 12. The molecule has 272 valence electrons. The lowest BCUT2D eigenvalue weighted by Gasteiger charge is -2.39. The van der Waals surface area contributed by atoms with Crippen molar-refractivity contribution in [2.24, 2.45) is 5.92 Å². The van der Waals surface area contributed by atoms with E-state index in [-0.39, 0.29) is 11.4 Å². The molecule has 1 aromatic heterocycles. The molecule has 11 nitrogen and oxygen atoms in total. The van der Waals surface area contributed by atoms with Crippen LogP contribution >= 0.6 is 0 Å². The average Bonchev–Trinajstić information content (AvgIpc) is 3.81. The Morgan fingerprint density at radius 3 is 2.40 bits per heavy atom. The number of hydrogen-bond donors (Lipinski definition) is 4. The number of nitrogens with zero attached hydrogens (tertiary/aromatic N) is 4. The fourth-order valence-electron chi connectivity index (χ4n) is 5.58. The summed E-state index contributed by atoms with van der Waals surface area (Å²) in [7, 11) is 0. The molecule has 16 heteroatoms. The highest BCUT2D eigenvalue weighted by Gasteiger charge is 2.44. The predicted octanol–water partition coefficient (Wildman–Crippen LogP) is 7.73. The fourth-order valence-corrected chi connectivity index (χ4v) is 6.54. The number of nitrogens with one attached hydrogen (secondary N) is 3. The van der Waals surface area contributed by atoms with Crippen LogP contribution in [0.2, 0.25) is 0 Å². The number of carbonyl (C=O) groups excluding carboxylic acids is 1. The van der Waals surface area contributed by atoms with Gasteiger partial charge in [0.15, 0.2) is 5.69 Å². The third-order valence-corrected chi connectivity index (χ3v) is 10.2. The van der Waals surface area contributed by atoms with E-state index in [4.69, 9.17) is 5.41 Å². The molecule has 0 saturated heterocycles. The second-order valence-electron chi connectivity index (χ2n) is 13.3. The number of nitriles is 1. The maximum absolute atomic E-state index is 15.6. The van der Waals surface area contributed by atoms with E-state index in [2.05, 4.69) is 21.2 Å². The van der Waals surface area contributed by atoms with E-state index < -0.39 is 62.7 Å². The van der Waals surface area contributed by atoms with Gasteiger partial charge in [0, 0.05) is 17.4 Å². The van der Waals surface area contributed by atoms with Crippen molar-refractivity contribution in [3.8, 4) is 11.8 Å². The van der Waals surface area contributed by atoms with E-state index in [0.29, 0.717) is 57.4 Å². The number of carboxylic acid groups (broad SMARTS) is 1. The largest absolute Gasteiger partial charge is 0.598 e. The lowest BCUT2D eigenvalue weighted by Crippen LogP contribution is -2.52. The summed E-state index contributed by atoms with van der Waals surface area (Å²) in [5.41, 5.74) is -2.72. The summed E-state index contributed by atoms with van der Waals surface area (Å²) in [6.45, 7) is 5.34. The molecule has 5 rings (SSSR count). The highest BCUT2D eigenvalue weighted by atomic mass is 32.2. The van der Waals surface area contributed by atoms with Gasteiger partial charge in [0.1, 0.15) is 21.8 Å². The molecular formula is C36H35F4N7O4S. The Bertz CT molecular complexity index is 2040. The first kappa shape index (κ1) is 38.0. The fraction of sp³-hybridized carbons (Fsp3) is 0.306. The summed E-state index contributed by atoms with van der Waals surface area (Å²) in [6, 6.07) is 18.2. The minimum Gasteiger partial charge on any atom is -0.598 e. The number of amides is 2. The highest BCUT2D eigenvalue weighted by Crippen LogP contribution is 2.43. The molecule has 1 fully saturated rings. The molecule has 2 amide bonds. The Morgan fingerprint density at radius 2 is 1.79 bits per heavy atom. The molecule has 0 spiro atoms. The summed E-state index contributed by atoms with van der Waals surface area (Å²) in [6.07, 6.45) is -2.94. The maximum atomic E-state index is 15.6. The van der Waals surface area contributed by atoms with Crippen LogP contribution in [0.15, 0.2) is 72.8 Å². The van der Waals surface area contributed by atoms with Gasteiger partial charge in [-0.05, 0) is 93.1 Å². The number of aromatic nitrogens is 2. The van der Waals surface area contributed by atoms with Crippen LogP contribution in [-0.4, -0.2) is 42.5 Å². The number of carbonyl (C=O) groups is 2. The number of benzene rings is 3. The first-order valence-corrected chi connectivity index (χ1v) is 17.2. The van der Waals surface area contributed by atoms with Gasteiger partial charge in [-0.15, -0.1) is 4.72 Å². The van der Waals surface area contributed by atoms with Gasteiger partial charge < -0.3 is 15.0 Å². The smallest absolute Gasteiger partial charge is 0.435 e. The Hall–Kier alpha value is -5.24. The summed E-state index contributed by atoms with van der Waals surface area (Å²) < 4.78 is 74.2. The van der Waals surface area contributed by atoms with E-state index in [1.165, 1.54) is 30.3 Å². The van der Waals surface area contributed by atoms with E-state index in [9.17, 15) is 37.7 Å². The minimum absolute atomic E-state index is 0.114. The van der Waals surface area contributed by atoms with Gasteiger partial charge in [-0.2, -0.15) is 23.5 Å². The number of halogens is 4. The summed E-state index contributed by atoms with van der Waals surface area (Å²) >= 11 is -1.69. The van der Waals surface area contributed by atoms with Crippen LogP contribution < -0.4 is 14.9 Å². The molecule has 4 aromatic rings. The summed E-state index contributed by atoms with van der Waals surface area (Å²) in [4.78, 5) is 25.9. The molecule has 4 N–H and O–H groups in total. The molecule has 0 aliphatic heterocycles. The first-order chi connectivity index (χ1) is 24.5. The topological polar surface area (TPSA) is 170 Å².